The quantitative estimate of drug-likeness (QED) is 0.820. The fraction of sp³-hybridized carbons (Fsp3) is 0.500. The van der Waals surface area contributed by atoms with Crippen LogP contribution in [0.3, 0.4) is 0 Å². The second-order valence-corrected chi connectivity index (χ2v) is 6.41. The molecule has 0 unspecified atom stereocenters. The molecule has 0 bridgehead atoms. The normalized spacial score (nSPS) is 17.1. The molecule has 1 saturated heterocycles. The molecule has 0 saturated carbocycles. The van der Waals surface area contributed by atoms with E-state index in [1.165, 1.54) is 18.3 Å². The average Bonchev–Trinajstić information content (AvgIpc) is 3.04. The van der Waals surface area contributed by atoms with Crippen LogP contribution in [0.15, 0.2) is 36.7 Å². The second-order valence-electron chi connectivity index (χ2n) is 6.41. The molecular formula is C18H22F3N3O. The molecule has 0 N–H and O–H groups in total. The van der Waals surface area contributed by atoms with Crippen molar-refractivity contribution in [2.45, 2.75) is 25.6 Å². The third-order valence-electron chi connectivity index (χ3n) is 4.64. The van der Waals surface area contributed by atoms with Gasteiger partial charge in [-0.2, -0.15) is 13.2 Å². The van der Waals surface area contributed by atoms with E-state index in [0.29, 0.717) is 12.5 Å². The molecule has 2 aromatic heterocycles. The Bertz CT molecular complexity index is 691. The van der Waals surface area contributed by atoms with E-state index < -0.39 is 11.9 Å². The molecule has 0 spiro atoms. The Labute approximate surface area is 145 Å². The first-order valence-electron chi connectivity index (χ1n) is 8.39. The molecule has 25 heavy (non-hydrogen) atoms. The summed E-state index contributed by atoms with van der Waals surface area (Å²) in [5.41, 5.74) is 0.0548. The summed E-state index contributed by atoms with van der Waals surface area (Å²) in [4.78, 5) is 5.83. The molecular weight excluding hydrogens is 331 g/mol. The highest BCUT2D eigenvalue weighted by Crippen LogP contribution is 2.32. The first-order valence-corrected chi connectivity index (χ1v) is 8.39. The van der Waals surface area contributed by atoms with Crippen LogP contribution in [0.1, 0.15) is 24.2 Å². The predicted molar refractivity (Wildman–Crippen MR) is 88.4 cm³/mol. The Kier molecular flexibility index (Phi) is 5.44. The van der Waals surface area contributed by atoms with Crippen molar-refractivity contribution in [3.63, 3.8) is 0 Å². The van der Waals surface area contributed by atoms with E-state index in [1.54, 1.807) is 23.9 Å². The van der Waals surface area contributed by atoms with E-state index in [4.69, 9.17) is 4.74 Å². The number of likely N-dealkylation sites (tertiary alicyclic amines) is 1. The number of nitrogens with zero attached hydrogens (tertiary/aromatic N) is 3. The molecule has 4 nitrogen and oxygen atoms in total. The molecule has 1 aliphatic rings. The van der Waals surface area contributed by atoms with Crippen LogP contribution in [0.2, 0.25) is 0 Å². The first kappa shape index (κ1) is 17.9. The number of pyridine rings is 1. The zero-order chi connectivity index (χ0) is 17.9. The van der Waals surface area contributed by atoms with Gasteiger partial charge in [-0.3, -0.25) is 4.90 Å². The topological polar surface area (TPSA) is 30.3 Å². The zero-order valence-electron chi connectivity index (χ0n) is 14.2. The Balaban J connectivity index is 1.77. The summed E-state index contributed by atoms with van der Waals surface area (Å²) in [6, 6.07) is 6.64. The van der Waals surface area contributed by atoms with Crippen molar-refractivity contribution in [3.05, 3.63) is 48.0 Å². The van der Waals surface area contributed by atoms with Crippen molar-refractivity contribution in [2.24, 2.45) is 5.92 Å². The van der Waals surface area contributed by atoms with Crippen LogP contribution >= 0.6 is 0 Å². The number of methoxy groups -OCH3 is 1. The first-order chi connectivity index (χ1) is 12.0. The number of ether oxygens (including phenoxy) is 1. The van der Waals surface area contributed by atoms with E-state index in [-0.39, 0.29) is 5.69 Å². The molecule has 0 radical (unpaired) electrons. The minimum atomic E-state index is -4.48. The third-order valence-corrected chi connectivity index (χ3v) is 4.64. The molecule has 2 aromatic rings. The van der Waals surface area contributed by atoms with Crippen LogP contribution in [0.5, 0.6) is 0 Å². The molecule has 7 heteroatoms. The fourth-order valence-corrected chi connectivity index (χ4v) is 3.37. The Morgan fingerprint density at radius 1 is 1.20 bits per heavy atom. The predicted octanol–water partition coefficient (Wildman–Crippen LogP) is 3.75. The summed E-state index contributed by atoms with van der Waals surface area (Å²) in [6.07, 6.45) is 0.469. The van der Waals surface area contributed by atoms with Gasteiger partial charge < -0.3 is 9.30 Å². The fourth-order valence-electron chi connectivity index (χ4n) is 3.37. The molecule has 0 aliphatic carbocycles. The number of hydrogen-bond donors (Lipinski definition) is 0. The standard InChI is InChI=1S/C18H22F3N3O/c1-25-13-14-6-10-23(11-7-14)12-15-4-3-9-24(15)16-5-2-8-22-17(16)18(19,20)21/h2-5,8-9,14H,6-7,10-13H2,1H3. The minimum Gasteiger partial charge on any atom is -0.384 e. The van der Waals surface area contributed by atoms with Crippen LogP contribution < -0.4 is 0 Å². The summed E-state index contributed by atoms with van der Waals surface area (Å²) < 4.78 is 46.5. The smallest absolute Gasteiger partial charge is 0.384 e. The van der Waals surface area contributed by atoms with Crippen LogP contribution in [0.4, 0.5) is 13.2 Å². The summed E-state index contributed by atoms with van der Waals surface area (Å²) >= 11 is 0. The van der Waals surface area contributed by atoms with Crippen LogP contribution in [0, 0.1) is 5.92 Å². The van der Waals surface area contributed by atoms with Gasteiger partial charge in [0.05, 0.1) is 5.69 Å². The van der Waals surface area contributed by atoms with E-state index in [0.717, 1.165) is 38.2 Å². The molecule has 0 amide bonds. The van der Waals surface area contributed by atoms with E-state index >= 15 is 0 Å². The lowest BCUT2D eigenvalue weighted by Gasteiger charge is -2.31. The largest absolute Gasteiger partial charge is 0.435 e. The van der Waals surface area contributed by atoms with Gasteiger partial charge in [-0.1, -0.05) is 0 Å². The zero-order valence-corrected chi connectivity index (χ0v) is 14.2. The molecule has 0 aromatic carbocycles. The van der Waals surface area contributed by atoms with Crippen molar-refractivity contribution >= 4 is 0 Å². The molecule has 1 aliphatic heterocycles. The van der Waals surface area contributed by atoms with Crippen LogP contribution in [-0.2, 0) is 17.5 Å². The van der Waals surface area contributed by atoms with Gasteiger partial charge in [-0.05, 0) is 56.1 Å². The van der Waals surface area contributed by atoms with Gasteiger partial charge >= 0.3 is 6.18 Å². The number of aromatic nitrogens is 2. The van der Waals surface area contributed by atoms with Gasteiger partial charge in [0.2, 0.25) is 0 Å². The van der Waals surface area contributed by atoms with Gasteiger partial charge in [0.15, 0.2) is 5.69 Å². The SMILES string of the molecule is COCC1CCN(Cc2cccn2-c2cccnc2C(F)(F)F)CC1. The van der Waals surface area contributed by atoms with Gasteiger partial charge in [0, 0.05) is 38.3 Å². The Hall–Kier alpha value is -1.86. The maximum absolute atomic E-state index is 13.2. The van der Waals surface area contributed by atoms with Crippen LogP contribution in [0.25, 0.3) is 5.69 Å². The maximum atomic E-state index is 13.2. The number of hydrogen-bond acceptors (Lipinski definition) is 3. The van der Waals surface area contributed by atoms with E-state index in [2.05, 4.69) is 9.88 Å². The Morgan fingerprint density at radius 3 is 2.64 bits per heavy atom. The van der Waals surface area contributed by atoms with Crippen molar-refractivity contribution in [2.75, 3.05) is 26.8 Å². The van der Waals surface area contributed by atoms with Gasteiger partial charge in [0.25, 0.3) is 0 Å². The van der Waals surface area contributed by atoms with Crippen LogP contribution in [-0.4, -0.2) is 41.3 Å². The second kappa shape index (κ2) is 7.58. The lowest BCUT2D eigenvalue weighted by atomic mass is 9.98. The average molecular weight is 353 g/mol. The maximum Gasteiger partial charge on any atom is 0.435 e. The monoisotopic (exact) mass is 353 g/mol. The van der Waals surface area contributed by atoms with E-state index in [9.17, 15) is 13.2 Å². The summed E-state index contributed by atoms with van der Waals surface area (Å²) in [7, 11) is 1.71. The van der Waals surface area contributed by atoms with Crippen molar-refractivity contribution in [1.29, 1.82) is 0 Å². The van der Waals surface area contributed by atoms with Crippen molar-refractivity contribution in [1.82, 2.24) is 14.5 Å². The molecule has 3 rings (SSSR count). The van der Waals surface area contributed by atoms with Gasteiger partial charge in [-0.25, -0.2) is 4.98 Å². The number of rotatable bonds is 5. The van der Waals surface area contributed by atoms with Crippen molar-refractivity contribution in [3.8, 4) is 5.69 Å². The Morgan fingerprint density at radius 2 is 1.96 bits per heavy atom. The summed E-state index contributed by atoms with van der Waals surface area (Å²) in [5, 5.41) is 0. The summed E-state index contributed by atoms with van der Waals surface area (Å²) in [6.45, 7) is 3.25. The highest BCUT2D eigenvalue weighted by Gasteiger charge is 2.36. The third kappa shape index (κ3) is 4.22. The number of halogens is 3. The lowest BCUT2D eigenvalue weighted by Crippen LogP contribution is -2.35. The highest BCUT2D eigenvalue weighted by molar-refractivity contribution is 5.40. The number of piperidine rings is 1. The minimum absolute atomic E-state index is 0.0734. The summed E-state index contributed by atoms with van der Waals surface area (Å²) in [5.74, 6) is 0.572. The molecule has 1 fully saturated rings. The molecule has 3 heterocycles. The highest BCUT2D eigenvalue weighted by atomic mass is 19.4. The number of alkyl halides is 3. The van der Waals surface area contributed by atoms with E-state index in [1.807, 2.05) is 6.07 Å². The lowest BCUT2D eigenvalue weighted by molar-refractivity contribution is -0.141. The van der Waals surface area contributed by atoms with Gasteiger partial charge in [-0.15, -0.1) is 0 Å². The molecule has 136 valence electrons. The van der Waals surface area contributed by atoms with Gasteiger partial charge in [0.1, 0.15) is 0 Å². The molecule has 0 atom stereocenters. The van der Waals surface area contributed by atoms with Crippen molar-refractivity contribution < 1.29 is 17.9 Å².